The molecule has 600 valence electrons. The Morgan fingerprint density at radius 3 is 1.02 bits per heavy atom. The lowest BCUT2D eigenvalue weighted by Gasteiger charge is -2.40. The van der Waals surface area contributed by atoms with Gasteiger partial charge in [0.05, 0.1) is 23.9 Å². The van der Waals surface area contributed by atoms with E-state index in [1.165, 1.54) is 14.7 Å². The van der Waals surface area contributed by atoms with Crippen molar-refractivity contribution in [1.82, 2.24) is 14.7 Å². The Morgan fingerprint density at radius 2 is 0.704 bits per heavy atom. The molecule has 15 rings (SSSR count). The van der Waals surface area contributed by atoms with Crippen molar-refractivity contribution in [2.75, 3.05) is 0 Å². The van der Waals surface area contributed by atoms with Gasteiger partial charge in [0.1, 0.15) is 55.2 Å². The van der Waals surface area contributed by atoms with Crippen LogP contribution in [-0.4, -0.2) is 119 Å². The molecule has 0 spiro atoms. The summed E-state index contributed by atoms with van der Waals surface area (Å²) in [6.07, 6.45) is 1.67. The van der Waals surface area contributed by atoms with Gasteiger partial charge in [0.15, 0.2) is 18.3 Å². The van der Waals surface area contributed by atoms with Crippen LogP contribution < -0.4 is 14.2 Å². The molecule has 0 saturated heterocycles. The quantitative estimate of drug-likeness (QED) is 0.0439. The number of carboxylic acids is 3. The maximum atomic E-state index is 14.1. The third-order valence-electron chi connectivity index (χ3n) is 22.8. The van der Waals surface area contributed by atoms with Crippen LogP contribution in [0.25, 0.3) is 0 Å². The van der Waals surface area contributed by atoms with Crippen molar-refractivity contribution < 1.29 is 86.4 Å². The topological polar surface area (TPSA) is 248 Å². The summed E-state index contributed by atoms with van der Waals surface area (Å²) in [7, 11) is 0. The van der Waals surface area contributed by atoms with Gasteiger partial charge in [-0.05, 0) is 133 Å². The Labute approximate surface area is 669 Å². The maximum absolute atomic E-state index is 14.1. The number of hydrogen-bond acceptors (Lipinski definition) is 13. The molecule has 19 nitrogen and oxygen atoms in total. The number of aliphatic hydroxyl groups excluding tert-OH is 1. The van der Waals surface area contributed by atoms with Gasteiger partial charge in [-0.2, -0.15) is 0 Å². The lowest BCUT2D eigenvalue weighted by molar-refractivity contribution is -0.193. The van der Waals surface area contributed by atoms with E-state index >= 15 is 0 Å². The number of alkyl halides is 2. The average molecular weight is 1560 g/mol. The first kappa shape index (κ1) is 81.9. The van der Waals surface area contributed by atoms with Gasteiger partial charge in [-0.25, -0.2) is 23.2 Å². The smallest absolute Gasteiger partial charge is 0.326 e. The van der Waals surface area contributed by atoms with Gasteiger partial charge in [-0.3, -0.25) is 14.4 Å². The molecule has 9 aromatic carbocycles. The van der Waals surface area contributed by atoms with Gasteiger partial charge in [-0.1, -0.05) is 231 Å². The molecule has 6 unspecified atom stereocenters. The fraction of sp³-hybridized carbons (Fsp3) is 0.362. The Balaban J connectivity index is 0.000000150. The van der Waals surface area contributed by atoms with Crippen LogP contribution in [0, 0.1) is 20.8 Å². The Kier molecular flexibility index (Phi) is 26.4. The molecule has 4 N–H and O–H groups in total. The molecule has 3 aliphatic heterocycles. The second-order valence-corrected chi connectivity index (χ2v) is 31.2. The van der Waals surface area contributed by atoms with Crippen LogP contribution in [-0.2, 0) is 102 Å². The Bertz CT molecular complexity index is 4850. The molecule has 3 amide bonds. The van der Waals surface area contributed by atoms with Gasteiger partial charge >= 0.3 is 17.9 Å². The fourth-order valence-corrected chi connectivity index (χ4v) is 16.4. The number of fused-ring (bicyclic) bond motifs is 3. The van der Waals surface area contributed by atoms with Crippen molar-refractivity contribution in [1.29, 1.82) is 0 Å². The first-order valence-electron chi connectivity index (χ1n) is 39.6. The molecule has 21 heteroatoms. The van der Waals surface area contributed by atoms with Crippen LogP contribution in [0.5, 0.6) is 17.2 Å². The molecular formula is C94H99F2N3O16. The monoisotopic (exact) mass is 1560 g/mol. The van der Waals surface area contributed by atoms with Gasteiger partial charge in [0, 0.05) is 68.4 Å². The van der Waals surface area contributed by atoms with E-state index in [9.17, 15) is 58.0 Å². The van der Waals surface area contributed by atoms with E-state index in [0.717, 1.165) is 98.0 Å². The minimum Gasteiger partial charge on any atom is -0.488 e. The highest BCUT2D eigenvalue weighted by Gasteiger charge is 2.50. The first-order valence-corrected chi connectivity index (χ1v) is 39.6. The van der Waals surface area contributed by atoms with Crippen molar-refractivity contribution in [3.05, 3.63) is 302 Å². The second-order valence-electron chi connectivity index (χ2n) is 31.2. The number of hydrogen-bond donors (Lipinski definition) is 4. The van der Waals surface area contributed by atoms with E-state index in [4.69, 9.17) is 28.4 Å². The summed E-state index contributed by atoms with van der Waals surface area (Å²) in [5, 5.41) is 40.6. The van der Waals surface area contributed by atoms with Gasteiger partial charge in [0.2, 0.25) is 0 Å². The molecule has 9 aromatic rings. The molecule has 0 bridgehead atoms. The number of halogens is 2. The zero-order chi connectivity index (χ0) is 80.9. The summed E-state index contributed by atoms with van der Waals surface area (Å²) in [5.41, 5.74) is 12.3. The number of amides is 3. The standard InChI is InChI=1S/C32H35NO6.C32H35NO5.C30H29F2NO5/c1-21-12-13-24-19-33(28(32(36)37)18-27(24)29(21)38-20-22-8-4-2-5-9-22)31(35)30(23-10-6-3-7-11-23)39-26-16-14-25(34)15-17-26;1-22-15-16-25-20-33(27(31(35)36)19-26(25)28(22)37-21-23-11-5-3-6-12-23)30(34)29(24-13-7-4-8-14-24)38-32(2)17-9-10-18-32;1-19-12-13-22-17-33(25(29(35)36)14-24(22)26(19)37-18-20-8-4-2-5-9-20)28(34)27(21-10-6-3-7-11-21)38-23-15-30(31,32)16-23/h2-13,25-26,28,30,34H,14-20H2,1H3,(H,36,37);3-8,11-16,27,29H,9-10,17-21H2,1-2H3,(H,35,36);2-13,23,25,27H,14-18H2,1H3,(H,35,36). The molecule has 0 aromatic heterocycles. The van der Waals surface area contributed by atoms with Crippen molar-refractivity contribution in [2.45, 2.75) is 217 Å². The Morgan fingerprint density at radius 1 is 0.409 bits per heavy atom. The van der Waals surface area contributed by atoms with E-state index < -0.39 is 90.7 Å². The highest BCUT2D eigenvalue weighted by Crippen LogP contribution is 2.45. The normalized spacial score (nSPS) is 20.0. The molecule has 3 aliphatic carbocycles. The number of aliphatic carboxylic acids is 3. The third kappa shape index (κ3) is 20.0. The van der Waals surface area contributed by atoms with E-state index in [2.05, 4.69) is 6.92 Å². The zero-order valence-corrected chi connectivity index (χ0v) is 65.2. The summed E-state index contributed by atoms with van der Waals surface area (Å²) in [6, 6.07) is 65.1. The highest BCUT2D eigenvalue weighted by molar-refractivity contribution is 5.90. The number of aliphatic hydroxyl groups is 1. The average Bonchev–Trinajstić information content (AvgIpc) is 0.982. The number of aryl methyl sites for hydroxylation is 3. The molecule has 0 radical (unpaired) electrons. The summed E-state index contributed by atoms with van der Waals surface area (Å²) in [5.74, 6) is -5.26. The summed E-state index contributed by atoms with van der Waals surface area (Å²) >= 11 is 0. The highest BCUT2D eigenvalue weighted by atomic mass is 19.3. The van der Waals surface area contributed by atoms with Crippen LogP contribution in [0.1, 0.15) is 173 Å². The SMILES string of the molecule is Cc1ccc2c(c1OCc1ccccc1)CC(C(=O)O)N(C(=O)C(OC1(C)CCCC1)c1ccccc1)C2.Cc1ccc2c(c1OCc1ccccc1)CC(C(=O)O)N(C(=O)C(OC1CC(F)(F)C1)c1ccccc1)C2.Cc1ccc2c(c1OCc1ccccc1)CC(C(=O)O)N(C(=O)C(OC1CCC(O)CC1)c1ccccc1)C2. The van der Waals surface area contributed by atoms with Gasteiger partial charge in [-0.15, -0.1) is 0 Å². The molecule has 6 aliphatic rings. The third-order valence-corrected chi connectivity index (χ3v) is 22.8. The van der Waals surface area contributed by atoms with E-state index in [1.807, 2.05) is 209 Å². The zero-order valence-electron chi connectivity index (χ0n) is 65.2. The lowest BCUT2D eigenvalue weighted by Crippen LogP contribution is -2.51. The predicted molar refractivity (Wildman–Crippen MR) is 427 cm³/mol. The first-order chi connectivity index (χ1) is 55.5. The van der Waals surface area contributed by atoms with Crippen LogP contribution in [0.3, 0.4) is 0 Å². The van der Waals surface area contributed by atoms with Crippen LogP contribution >= 0.6 is 0 Å². The molecule has 3 heterocycles. The predicted octanol–water partition coefficient (Wildman–Crippen LogP) is 16.4. The maximum Gasteiger partial charge on any atom is 0.326 e. The lowest BCUT2D eigenvalue weighted by atomic mass is 9.89. The summed E-state index contributed by atoms with van der Waals surface area (Å²) < 4.78 is 64.4. The number of benzene rings is 9. The number of carbonyl (C=O) groups is 6. The number of carboxylic acid groups (broad SMARTS) is 3. The van der Waals surface area contributed by atoms with Gasteiger partial charge in [0.25, 0.3) is 23.6 Å². The minimum atomic E-state index is -2.81. The molecular weight excluding hydrogens is 1470 g/mol. The summed E-state index contributed by atoms with van der Waals surface area (Å²) in [4.78, 5) is 83.8. The van der Waals surface area contributed by atoms with Crippen molar-refractivity contribution >= 4 is 35.6 Å². The van der Waals surface area contributed by atoms with Crippen molar-refractivity contribution in [2.24, 2.45) is 0 Å². The summed E-state index contributed by atoms with van der Waals surface area (Å²) in [6.45, 7) is 9.36. The second kappa shape index (κ2) is 37.0. The largest absolute Gasteiger partial charge is 0.488 e. The van der Waals surface area contributed by atoms with E-state index in [1.54, 1.807) is 30.3 Å². The van der Waals surface area contributed by atoms with Crippen LogP contribution in [0.2, 0.25) is 0 Å². The molecule has 6 atom stereocenters. The number of carbonyl (C=O) groups excluding carboxylic acids is 3. The van der Waals surface area contributed by atoms with E-state index in [0.29, 0.717) is 73.9 Å². The number of nitrogens with zero attached hydrogens (tertiary/aromatic N) is 3. The molecule has 3 saturated carbocycles. The fourth-order valence-electron chi connectivity index (χ4n) is 16.4. The molecule has 115 heavy (non-hydrogen) atoms. The van der Waals surface area contributed by atoms with Crippen molar-refractivity contribution in [3.63, 3.8) is 0 Å². The van der Waals surface area contributed by atoms with Crippen LogP contribution in [0.4, 0.5) is 8.78 Å². The Hall–Kier alpha value is -11.1. The minimum absolute atomic E-state index is 0.0423. The molecule has 3 fully saturated rings. The van der Waals surface area contributed by atoms with Crippen LogP contribution in [0.15, 0.2) is 218 Å². The van der Waals surface area contributed by atoms with E-state index in [-0.39, 0.29) is 62.9 Å². The number of ether oxygens (including phenoxy) is 6. The van der Waals surface area contributed by atoms with Crippen molar-refractivity contribution in [3.8, 4) is 17.2 Å². The van der Waals surface area contributed by atoms with Gasteiger partial charge < -0.3 is 63.5 Å². The number of rotatable bonds is 24.